The van der Waals surface area contributed by atoms with E-state index in [9.17, 15) is 14.4 Å². The second-order valence-electron chi connectivity index (χ2n) is 7.46. The number of nitriles is 1. The number of para-hydroxylation sites is 1. The summed E-state index contributed by atoms with van der Waals surface area (Å²) in [5.41, 5.74) is 9.20. The Bertz CT molecular complexity index is 1110. The number of nitrogens with zero attached hydrogens (tertiary/aromatic N) is 2. The van der Waals surface area contributed by atoms with Crippen LogP contribution in [-0.2, 0) is 11.4 Å². The Hall–Kier alpha value is -3.59. The van der Waals surface area contributed by atoms with Crippen LogP contribution in [0.5, 0.6) is 5.75 Å². The zero-order valence-corrected chi connectivity index (χ0v) is 16.7. The van der Waals surface area contributed by atoms with E-state index < -0.39 is 5.92 Å². The maximum atomic E-state index is 14.0. The Balaban J connectivity index is 1.79. The molecule has 2 aromatic rings. The summed E-state index contributed by atoms with van der Waals surface area (Å²) in [5.74, 6) is -0.0624. The number of carbonyl (C=O) groups is 1. The van der Waals surface area contributed by atoms with Crippen molar-refractivity contribution in [1.29, 1.82) is 5.26 Å². The lowest BCUT2D eigenvalue weighted by molar-refractivity contribution is -0.116. The van der Waals surface area contributed by atoms with E-state index in [1.165, 1.54) is 6.07 Å². The number of halogens is 1. The molecule has 0 fully saturated rings. The molecule has 1 heterocycles. The van der Waals surface area contributed by atoms with E-state index in [-0.39, 0.29) is 18.2 Å². The van der Waals surface area contributed by atoms with E-state index in [0.717, 1.165) is 18.5 Å². The summed E-state index contributed by atoms with van der Waals surface area (Å²) in [6, 6.07) is 15.9. The van der Waals surface area contributed by atoms with E-state index in [0.29, 0.717) is 40.3 Å². The van der Waals surface area contributed by atoms with Gasteiger partial charge in [0.25, 0.3) is 0 Å². The molecule has 0 saturated carbocycles. The minimum atomic E-state index is -0.592. The fourth-order valence-electron chi connectivity index (χ4n) is 4.20. The van der Waals surface area contributed by atoms with Gasteiger partial charge in [-0.3, -0.25) is 4.79 Å². The van der Waals surface area contributed by atoms with Crippen LogP contribution in [0.3, 0.4) is 0 Å². The number of benzene rings is 2. The fraction of sp³-hybridized carbons (Fsp3) is 0.250. The Kier molecular flexibility index (Phi) is 5.28. The van der Waals surface area contributed by atoms with Crippen molar-refractivity contribution in [2.75, 3.05) is 7.05 Å². The first-order valence-corrected chi connectivity index (χ1v) is 9.87. The number of ether oxygens (including phenoxy) is 1. The van der Waals surface area contributed by atoms with Crippen molar-refractivity contribution in [2.24, 2.45) is 5.73 Å². The molecule has 2 N–H and O–H groups in total. The van der Waals surface area contributed by atoms with Crippen LogP contribution in [0.25, 0.3) is 0 Å². The molecule has 0 saturated heterocycles. The van der Waals surface area contributed by atoms with Crippen molar-refractivity contribution in [3.05, 3.63) is 88.1 Å². The first kappa shape index (κ1) is 19.7. The number of hydrogen-bond donors (Lipinski definition) is 1. The van der Waals surface area contributed by atoms with Gasteiger partial charge in [-0.25, -0.2) is 4.39 Å². The summed E-state index contributed by atoms with van der Waals surface area (Å²) >= 11 is 0. The van der Waals surface area contributed by atoms with Crippen molar-refractivity contribution in [3.8, 4) is 11.8 Å². The SMILES string of the molecule is CN1C(N)=C(C#N)[C@H](c2ccccc2OCc2ccccc2F)C2=C1CCCC2=O. The molecule has 4 rings (SSSR count). The highest BCUT2D eigenvalue weighted by atomic mass is 19.1. The second-order valence-corrected chi connectivity index (χ2v) is 7.46. The molecular formula is C24H22FN3O2. The van der Waals surface area contributed by atoms with Gasteiger partial charge in [0.05, 0.1) is 17.6 Å². The predicted octanol–water partition coefficient (Wildman–Crippen LogP) is 4.13. The van der Waals surface area contributed by atoms with E-state index in [2.05, 4.69) is 6.07 Å². The molecule has 1 atom stereocenters. The number of Topliss-reactive ketones (excluding diaryl/α,β-unsaturated/α-hetero) is 1. The van der Waals surface area contributed by atoms with Crippen LogP contribution in [0.1, 0.15) is 36.3 Å². The standard InChI is InChI=1S/C24H22FN3O2/c1-28-19-10-6-11-20(29)23(19)22(17(13-26)24(28)27)16-8-3-5-12-21(16)30-14-15-7-2-4-9-18(15)25/h2-5,7-9,12,22H,6,10-11,14,27H2,1H3/t22-/m0/s1. The maximum absolute atomic E-state index is 14.0. The first-order valence-electron chi connectivity index (χ1n) is 9.87. The Morgan fingerprint density at radius 3 is 2.70 bits per heavy atom. The van der Waals surface area contributed by atoms with Gasteiger partial charge in [0.2, 0.25) is 0 Å². The molecule has 152 valence electrons. The molecule has 0 bridgehead atoms. The van der Waals surface area contributed by atoms with Crippen LogP contribution in [0.4, 0.5) is 4.39 Å². The van der Waals surface area contributed by atoms with Crippen LogP contribution in [-0.4, -0.2) is 17.7 Å². The van der Waals surface area contributed by atoms with E-state index in [1.807, 2.05) is 18.2 Å². The average Bonchev–Trinajstić information content (AvgIpc) is 2.76. The molecule has 5 nitrogen and oxygen atoms in total. The van der Waals surface area contributed by atoms with Crippen molar-refractivity contribution in [3.63, 3.8) is 0 Å². The molecular weight excluding hydrogens is 381 g/mol. The highest BCUT2D eigenvalue weighted by Crippen LogP contribution is 2.46. The van der Waals surface area contributed by atoms with E-state index in [1.54, 1.807) is 36.2 Å². The lowest BCUT2D eigenvalue weighted by Gasteiger charge is -2.38. The van der Waals surface area contributed by atoms with Crippen LogP contribution >= 0.6 is 0 Å². The third kappa shape index (κ3) is 3.33. The molecule has 0 spiro atoms. The van der Waals surface area contributed by atoms with Gasteiger partial charge in [0.1, 0.15) is 24.0 Å². The zero-order chi connectivity index (χ0) is 21.3. The van der Waals surface area contributed by atoms with Crippen molar-refractivity contribution in [1.82, 2.24) is 4.90 Å². The fourth-order valence-corrected chi connectivity index (χ4v) is 4.20. The number of rotatable bonds is 4. The molecule has 30 heavy (non-hydrogen) atoms. The maximum Gasteiger partial charge on any atom is 0.161 e. The van der Waals surface area contributed by atoms with Crippen molar-refractivity contribution < 1.29 is 13.9 Å². The van der Waals surface area contributed by atoms with Gasteiger partial charge in [-0.1, -0.05) is 36.4 Å². The third-order valence-electron chi connectivity index (χ3n) is 5.74. The largest absolute Gasteiger partial charge is 0.488 e. The van der Waals surface area contributed by atoms with E-state index >= 15 is 0 Å². The zero-order valence-electron chi connectivity index (χ0n) is 16.7. The molecule has 0 amide bonds. The molecule has 0 radical (unpaired) electrons. The summed E-state index contributed by atoms with van der Waals surface area (Å²) in [7, 11) is 1.79. The monoisotopic (exact) mass is 403 g/mol. The number of ketones is 1. The quantitative estimate of drug-likeness (QED) is 0.830. The predicted molar refractivity (Wildman–Crippen MR) is 110 cm³/mol. The topological polar surface area (TPSA) is 79.3 Å². The second kappa shape index (κ2) is 8.03. The lowest BCUT2D eigenvalue weighted by Crippen LogP contribution is -2.36. The van der Waals surface area contributed by atoms with Crippen LogP contribution in [0.2, 0.25) is 0 Å². The average molecular weight is 403 g/mol. The normalized spacial score (nSPS) is 18.9. The first-order chi connectivity index (χ1) is 14.5. The molecule has 2 aromatic carbocycles. The number of nitrogens with two attached hydrogens (primary N) is 1. The summed E-state index contributed by atoms with van der Waals surface area (Å²) < 4.78 is 20.0. The molecule has 1 aliphatic heterocycles. The van der Waals surface area contributed by atoms with Crippen molar-refractivity contribution >= 4 is 5.78 Å². The highest BCUT2D eigenvalue weighted by Gasteiger charge is 2.39. The number of carbonyl (C=O) groups excluding carboxylic acids is 1. The van der Waals surface area contributed by atoms with Gasteiger partial charge < -0.3 is 15.4 Å². The number of hydrogen-bond acceptors (Lipinski definition) is 5. The number of allylic oxidation sites excluding steroid dienone is 3. The van der Waals surface area contributed by atoms with Gasteiger partial charge in [-0.2, -0.15) is 5.26 Å². The summed E-state index contributed by atoms with van der Waals surface area (Å²) in [5, 5.41) is 9.88. The van der Waals surface area contributed by atoms with Gasteiger partial charge in [-0.05, 0) is 25.0 Å². The highest BCUT2D eigenvalue weighted by molar-refractivity contribution is 6.00. The van der Waals surface area contributed by atoms with Crippen molar-refractivity contribution in [2.45, 2.75) is 31.8 Å². The Morgan fingerprint density at radius 1 is 1.20 bits per heavy atom. The molecule has 2 aliphatic rings. The van der Waals surface area contributed by atoms with Gasteiger partial charge in [0.15, 0.2) is 5.78 Å². The van der Waals surface area contributed by atoms with Crippen LogP contribution < -0.4 is 10.5 Å². The Morgan fingerprint density at radius 2 is 1.93 bits per heavy atom. The molecule has 0 aromatic heterocycles. The summed E-state index contributed by atoms with van der Waals surface area (Å²) in [6.07, 6.45) is 1.93. The van der Waals surface area contributed by atoms with Crippen LogP contribution in [0.15, 0.2) is 71.2 Å². The smallest absolute Gasteiger partial charge is 0.161 e. The minimum Gasteiger partial charge on any atom is -0.488 e. The van der Waals surface area contributed by atoms with Gasteiger partial charge >= 0.3 is 0 Å². The summed E-state index contributed by atoms with van der Waals surface area (Å²) in [4.78, 5) is 14.7. The van der Waals surface area contributed by atoms with Gasteiger partial charge in [0, 0.05) is 35.9 Å². The molecule has 1 aliphatic carbocycles. The lowest BCUT2D eigenvalue weighted by atomic mass is 9.75. The third-order valence-corrected chi connectivity index (χ3v) is 5.74. The Labute approximate surface area is 174 Å². The van der Waals surface area contributed by atoms with Crippen LogP contribution in [0, 0.1) is 17.1 Å². The molecule has 0 unspecified atom stereocenters. The minimum absolute atomic E-state index is 0.0252. The van der Waals surface area contributed by atoms with Gasteiger partial charge in [-0.15, -0.1) is 0 Å². The van der Waals surface area contributed by atoms with E-state index in [4.69, 9.17) is 10.5 Å². The summed E-state index contributed by atoms with van der Waals surface area (Å²) in [6.45, 7) is 0.0389. The molecule has 6 heteroatoms.